The number of hydrogen-bond acceptors (Lipinski definition) is 2. The van der Waals surface area contributed by atoms with Crippen LogP contribution in [0.2, 0.25) is 0 Å². The van der Waals surface area contributed by atoms with Gasteiger partial charge in [-0.2, -0.15) is 0 Å². The molecule has 1 aliphatic heterocycles. The van der Waals surface area contributed by atoms with Crippen LogP contribution in [0.3, 0.4) is 0 Å². The van der Waals surface area contributed by atoms with E-state index >= 15 is 0 Å². The molecule has 1 N–H and O–H groups in total. The molecule has 4 heteroatoms. The Morgan fingerprint density at radius 3 is 2.38 bits per heavy atom. The molecule has 2 rings (SSSR count). The first kappa shape index (κ1) is 11.4. The lowest BCUT2D eigenvalue weighted by molar-refractivity contribution is -0.160. The number of carbonyl (C=O) groups excluding carboxylic acids is 2. The van der Waals surface area contributed by atoms with E-state index in [9.17, 15) is 9.59 Å². The Hall–Kier alpha value is -1.06. The van der Waals surface area contributed by atoms with Gasteiger partial charge in [0.1, 0.15) is 11.6 Å². The fourth-order valence-corrected chi connectivity index (χ4v) is 2.77. The molecular formula is C12H20N2O2. The zero-order chi connectivity index (χ0) is 12.1. The Morgan fingerprint density at radius 1 is 1.38 bits per heavy atom. The van der Waals surface area contributed by atoms with Gasteiger partial charge >= 0.3 is 0 Å². The smallest absolute Gasteiger partial charge is 0.246 e. The summed E-state index contributed by atoms with van der Waals surface area (Å²) in [6, 6.07) is -0.312. The molecule has 1 heterocycles. The second kappa shape index (κ2) is 3.47. The lowest BCUT2D eigenvalue weighted by Crippen LogP contribution is -2.71. The number of piperazine rings is 1. The normalized spacial score (nSPS) is 35.6. The van der Waals surface area contributed by atoms with Gasteiger partial charge in [-0.1, -0.05) is 0 Å². The van der Waals surface area contributed by atoms with Crippen LogP contribution < -0.4 is 5.32 Å². The molecule has 0 aromatic carbocycles. The van der Waals surface area contributed by atoms with Crippen molar-refractivity contribution in [2.45, 2.75) is 58.2 Å². The highest BCUT2D eigenvalue weighted by Crippen LogP contribution is 2.45. The maximum atomic E-state index is 12.2. The van der Waals surface area contributed by atoms with E-state index in [4.69, 9.17) is 0 Å². The fraction of sp³-hybridized carbons (Fsp3) is 0.833. The van der Waals surface area contributed by atoms with Crippen molar-refractivity contribution in [1.82, 2.24) is 10.2 Å². The molecule has 2 fully saturated rings. The first-order valence-electron chi connectivity index (χ1n) is 6.03. The van der Waals surface area contributed by atoms with Crippen LogP contribution in [0.4, 0.5) is 0 Å². The summed E-state index contributed by atoms with van der Waals surface area (Å²) in [5.74, 6) is 0.395. The molecule has 0 aromatic rings. The molecule has 1 aliphatic carbocycles. The van der Waals surface area contributed by atoms with E-state index in [2.05, 4.69) is 5.32 Å². The van der Waals surface area contributed by atoms with Crippen LogP contribution in [0.15, 0.2) is 0 Å². The van der Waals surface area contributed by atoms with Gasteiger partial charge in [0.15, 0.2) is 0 Å². The number of nitrogens with one attached hydrogen (secondary N) is 1. The van der Waals surface area contributed by atoms with Crippen LogP contribution in [0.25, 0.3) is 0 Å². The van der Waals surface area contributed by atoms with E-state index in [0.29, 0.717) is 5.92 Å². The Balaban J connectivity index is 2.38. The van der Waals surface area contributed by atoms with Crippen molar-refractivity contribution in [3.8, 4) is 0 Å². The van der Waals surface area contributed by atoms with Gasteiger partial charge in [-0.05, 0) is 46.5 Å². The minimum absolute atomic E-state index is 0.0100. The van der Waals surface area contributed by atoms with Crippen molar-refractivity contribution in [2.24, 2.45) is 5.92 Å². The number of amides is 2. The largest absolute Gasteiger partial charge is 0.343 e. The molecule has 2 unspecified atom stereocenters. The molecule has 1 saturated heterocycles. The minimum atomic E-state index is -0.627. The van der Waals surface area contributed by atoms with Gasteiger partial charge in [-0.15, -0.1) is 0 Å². The molecule has 4 nitrogen and oxygen atoms in total. The van der Waals surface area contributed by atoms with Gasteiger partial charge in [0.2, 0.25) is 11.8 Å². The van der Waals surface area contributed by atoms with Gasteiger partial charge in [0, 0.05) is 6.04 Å². The Kier molecular flexibility index (Phi) is 2.48. The summed E-state index contributed by atoms with van der Waals surface area (Å²) in [5, 5.41) is 2.80. The van der Waals surface area contributed by atoms with Crippen molar-refractivity contribution >= 4 is 11.8 Å². The van der Waals surface area contributed by atoms with Crippen molar-refractivity contribution < 1.29 is 9.59 Å². The highest BCUT2D eigenvalue weighted by Gasteiger charge is 2.56. The summed E-state index contributed by atoms with van der Waals surface area (Å²) in [5.41, 5.74) is -0.627. The number of rotatable bonds is 2. The maximum absolute atomic E-state index is 12.2. The summed E-state index contributed by atoms with van der Waals surface area (Å²) >= 11 is 0. The van der Waals surface area contributed by atoms with Crippen LogP contribution in [0, 0.1) is 5.92 Å². The summed E-state index contributed by atoms with van der Waals surface area (Å²) < 4.78 is 0. The van der Waals surface area contributed by atoms with Gasteiger partial charge < -0.3 is 10.2 Å². The highest BCUT2D eigenvalue weighted by molar-refractivity contribution is 6.00. The predicted octanol–water partition coefficient (Wildman–Crippen LogP) is 0.910. The third kappa shape index (κ3) is 1.43. The monoisotopic (exact) mass is 224 g/mol. The third-order valence-corrected chi connectivity index (χ3v) is 3.80. The Labute approximate surface area is 96.4 Å². The van der Waals surface area contributed by atoms with E-state index in [1.54, 1.807) is 11.8 Å². The van der Waals surface area contributed by atoms with Gasteiger partial charge in [0.25, 0.3) is 0 Å². The van der Waals surface area contributed by atoms with Crippen LogP contribution in [0.1, 0.15) is 40.5 Å². The quantitative estimate of drug-likeness (QED) is 0.758. The SMILES string of the molecule is CC1NC(=O)C(C)(C2CC2)N(C(C)C)C1=O. The first-order valence-corrected chi connectivity index (χ1v) is 6.03. The zero-order valence-electron chi connectivity index (χ0n) is 10.4. The molecule has 1 saturated carbocycles. The van der Waals surface area contributed by atoms with Crippen molar-refractivity contribution in [3.05, 3.63) is 0 Å². The molecule has 2 amide bonds. The van der Waals surface area contributed by atoms with Crippen LogP contribution in [0.5, 0.6) is 0 Å². The predicted molar refractivity (Wildman–Crippen MR) is 60.7 cm³/mol. The van der Waals surface area contributed by atoms with Crippen molar-refractivity contribution in [3.63, 3.8) is 0 Å². The molecule has 0 aromatic heterocycles. The zero-order valence-corrected chi connectivity index (χ0v) is 10.4. The van der Waals surface area contributed by atoms with Crippen molar-refractivity contribution in [1.29, 1.82) is 0 Å². The number of nitrogens with zero attached hydrogens (tertiary/aromatic N) is 1. The lowest BCUT2D eigenvalue weighted by atomic mass is 9.87. The van der Waals surface area contributed by atoms with E-state index < -0.39 is 5.54 Å². The summed E-state index contributed by atoms with van der Waals surface area (Å²) in [6.45, 7) is 7.61. The molecule has 2 aliphatic rings. The van der Waals surface area contributed by atoms with Gasteiger partial charge in [-0.25, -0.2) is 0 Å². The Bertz CT molecular complexity index is 334. The molecule has 0 bridgehead atoms. The standard InChI is InChI=1S/C12H20N2O2/c1-7(2)14-10(15)8(3)13-11(16)12(14,4)9-5-6-9/h7-9H,5-6H2,1-4H3,(H,13,16). The van der Waals surface area contributed by atoms with E-state index in [1.807, 2.05) is 20.8 Å². The topological polar surface area (TPSA) is 49.4 Å². The number of hydrogen-bond donors (Lipinski definition) is 1. The van der Waals surface area contributed by atoms with E-state index in [1.165, 1.54) is 0 Å². The van der Waals surface area contributed by atoms with Gasteiger partial charge in [-0.3, -0.25) is 9.59 Å². The molecule has 0 spiro atoms. The average Bonchev–Trinajstić information content (AvgIpc) is 2.97. The van der Waals surface area contributed by atoms with Crippen LogP contribution in [-0.2, 0) is 9.59 Å². The minimum Gasteiger partial charge on any atom is -0.343 e. The van der Waals surface area contributed by atoms with E-state index in [0.717, 1.165) is 12.8 Å². The molecule has 16 heavy (non-hydrogen) atoms. The highest BCUT2D eigenvalue weighted by atomic mass is 16.2. The van der Waals surface area contributed by atoms with Crippen LogP contribution in [-0.4, -0.2) is 34.3 Å². The van der Waals surface area contributed by atoms with Crippen LogP contribution >= 0.6 is 0 Å². The fourth-order valence-electron chi connectivity index (χ4n) is 2.77. The Morgan fingerprint density at radius 2 is 1.94 bits per heavy atom. The van der Waals surface area contributed by atoms with Gasteiger partial charge in [0.05, 0.1) is 0 Å². The first-order chi connectivity index (χ1) is 7.39. The lowest BCUT2D eigenvalue weighted by Gasteiger charge is -2.48. The summed E-state index contributed by atoms with van der Waals surface area (Å²) in [4.78, 5) is 26.1. The second-order valence-corrected chi connectivity index (χ2v) is 5.42. The van der Waals surface area contributed by atoms with E-state index in [-0.39, 0.29) is 23.9 Å². The summed E-state index contributed by atoms with van der Waals surface area (Å²) in [7, 11) is 0. The number of carbonyl (C=O) groups is 2. The summed E-state index contributed by atoms with van der Waals surface area (Å²) in [6.07, 6.45) is 2.10. The molecule has 0 radical (unpaired) electrons. The third-order valence-electron chi connectivity index (χ3n) is 3.80. The average molecular weight is 224 g/mol. The maximum Gasteiger partial charge on any atom is 0.246 e. The molecule has 2 atom stereocenters. The van der Waals surface area contributed by atoms with Crippen molar-refractivity contribution in [2.75, 3.05) is 0 Å². The molecule has 90 valence electrons. The molecular weight excluding hydrogens is 204 g/mol. The second-order valence-electron chi connectivity index (χ2n) is 5.42.